The van der Waals surface area contributed by atoms with Gasteiger partial charge in [0.05, 0.1) is 21.9 Å². The van der Waals surface area contributed by atoms with Crippen LogP contribution in [0, 0.1) is 19.7 Å². The standard InChI is InChI=1S/C15H20BrFN4/c1-5-6-18-10(3)15-11(4)21(20-19-15)14-8-12(16)13(17)7-9(14)2/h7-8,10,18H,5-6H2,1-4H3. The van der Waals surface area contributed by atoms with Crippen LogP contribution in [0.3, 0.4) is 0 Å². The average Bonchev–Trinajstić information content (AvgIpc) is 2.82. The molecule has 1 heterocycles. The first-order valence-electron chi connectivity index (χ1n) is 7.07. The van der Waals surface area contributed by atoms with E-state index in [9.17, 15) is 4.39 Å². The van der Waals surface area contributed by atoms with Gasteiger partial charge in [-0.15, -0.1) is 5.10 Å². The Kier molecular flexibility index (Phi) is 5.11. The number of rotatable bonds is 5. The van der Waals surface area contributed by atoms with E-state index in [2.05, 4.69) is 45.4 Å². The van der Waals surface area contributed by atoms with Crippen LogP contribution in [0.4, 0.5) is 4.39 Å². The molecule has 0 saturated carbocycles. The van der Waals surface area contributed by atoms with Gasteiger partial charge in [-0.05, 0) is 67.4 Å². The van der Waals surface area contributed by atoms with Gasteiger partial charge in [0.1, 0.15) is 11.5 Å². The lowest BCUT2D eigenvalue weighted by Gasteiger charge is -2.12. The molecule has 1 aromatic carbocycles. The number of hydrogen-bond donors (Lipinski definition) is 1. The first-order valence-corrected chi connectivity index (χ1v) is 7.86. The Morgan fingerprint density at radius 3 is 2.76 bits per heavy atom. The monoisotopic (exact) mass is 354 g/mol. The van der Waals surface area contributed by atoms with Crippen molar-refractivity contribution in [2.75, 3.05) is 6.54 Å². The summed E-state index contributed by atoms with van der Waals surface area (Å²) in [6, 6.07) is 3.38. The van der Waals surface area contributed by atoms with Crippen LogP contribution < -0.4 is 5.32 Å². The molecule has 0 spiro atoms. The van der Waals surface area contributed by atoms with Gasteiger partial charge in [-0.2, -0.15) is 0 Å². The van der Waals surface area contributed by atoms with Crippen LogP contribution in [0.1, 0.15) is 43.3 Å². The van der Waals surface area contributed by atoms with Gasteiger partial charge in [-0.3, -0.25) is 0 Å². The highest BCUT2D eigenvalue weighted by molar-refractivity contribution is 9.10. The summed E-state index contributed by atoms with van der Waals surface area (Å²) in [4.78, 5) is 0. The van der Waals surface area contributed by atoms with Crippen LogP contribution in [-0.2, 0) is 0 Å². The third-order valence-electron chi connectivity index (χ3n) is 3.51. The van der Waals surface area contributed by atoms with Crippen molar-refractivity contribution < 1.29 is 4.39 Å². The maximum absolute atomic E-state index is 13.5. The smallest absolute Gasteiger partial charge is 0.137 e. The van der Waals surface area contributed by atoms with E-state index in [4.69, 9.17) is 0 Å². The summed E-state index contributed by atoms with van der Waals surface area (Å²) in [5.41, 5.74) is 3.54. The Bertz CT molecular complexity index is 639. The molecule has 0 aliphatic carbocycles. The van der Waals surface area contributed by atoms with E-state index in [0.29, 0.717) is 4.47 Å². The van der Waals surface area contributed by atoms with Crippen LogP contribution in [0.5, 0.6) is 0 Å². The van der Waals surface area contributed by atoms with E-state index < -0.39 is 0 Å². The van der Waals surface area contributed by atoms with E-state index in [1.807, 2.05) is 13.8 Å². The van der Waals surface area contributed by atoms with Crippen LogP contribution >= 0.6 is 15.9 Å². The zero-order valence-corrected chi connectivity index (χ0v) is 14.3. The fraction of sp³-hybridized carbons (Fsp3) is 0.467. The molecule has 4 nitrogen and oxygen atoms in total. The average molecular weight is 355 g/mol. The number of halogens is 2. The molecule has 1 N–H and O–H groups in total. The van der Waals surface area contributed by atoms with Crippen molar-refractivity contribution in [3.8, 4) is 5.69 Å². The normalized spacial score (nSPS) is 12.7. The van der Waals surface area contributed by atoms with Crippen molar-refractivity contribution in [1.82, 2.24) is 20.3 Å². The SMILES string of the molecule is CCCNC(C)c1nnn(-c2cc(Br)c(F)cc2C)c1C. The number of hydrogen-bond acceptors (Lipinski definition) is 3. The molecule has 114 valence electrons. The van der Waals surface area contributed by atoms with Gasteiger partial charge in [0.25, 0.3) is 0 Å². The lowest BCUT2D eigenvalue weighted by Crippen LogP contribution is -2.20. The molecule has 0 amide bonds. The van der Waals surface area contributed by atoms with E-state index in [1.165, 1.54) is 6.07 Å². The van der Waals surface area contributed by atoms with Gasteiger partial charge >= 0.3 is 0 Å². The van der Waals surface area contributed by atoms with E-state index in [1.54, 1.807) is 10.7 Å². The Balaban J connectivity index is 2.38. The fourth-order valence-corrected chi connectivity index (χ4v) is 2.62. The minimum atomic E-state index is -0.271. The second-order valence-electron chi connectivity index (χ2n) is 5.20. The molecule has 0 fully saturated rings. The van der Waals surface area contributed by atoms with E-state index >= 15 is 0 Å². The quantitative estimate of drug-likeness (QED) is 0.886. The molecule has 2 aromatic rings. The van der Waals surface area contributed by atoms with Gasteiger partial charge in [0.2, 0.25) is 0 Å². The first-order chi connectivity index (χ1) is 9.95. The third kappa shape index (κ3) is 3.32. The van der Waals surface area contributed by atoms with Crippen molar-refractivity contribution in [3.05, 3.63) is 39.4 Å². The summed E-state index contributed by atoms with van der Waals surface area (Å²) in [5.74, 6) is -0.271. The van der Waals surface area contributed by atoms with Crippen LogP contribution in [0.25, 0.3) is 5.69 Å². The van der Waals surface area contributed by atoms with Crippen molar-refractivity contribution in [1.29, 1.82) is 0 Å². The second kappa shape index (κ2) is 6.66. The predicted octanol–water partition coefficient (Wildman–Crippen LogP) is 3.85. The number of aromatic nitrogens is 3. The van der Waals surface area contributed by atoms with Crippen LogP contribution in [0.2, 0.25) is 0 Å². The van der Waals surface area contributed by atoms with Crippen molar-refractivity contribution in [2.24, 2.45) is 0 Å². The maximum atomic E-state index is 13.5. The minimum absolute atomic E-state index is 0.142. The molecule has 1 atom stereocenters. The second-order valence-corrected chi connectivity index (χ2v) is 6.05. The summed E-state index contributed by atoms with van der Waals surface area (Å²) in [7, 11) is 0. The van der Waals surface area contributed by atoms with Gasteiger partial charge < -0.3 is 5.32 Å². The lowest BCUT2D eigenvalue weighted by atomic mass is 10.1. The lowest BCUT2D eigenvalue weighted by molar-refractivity contribution is 0.555. The molecule has 0 radical (unpaired) electrons. The predicted molar refractivity (Wildman–Crippen MR) is 85.2 cm³/mol. The zero-order chi connectivity index (χ0) is 15.6. The molecule has 0 saturated heterocycles. The van der Waals surface area contributed by atoms with Crippen LogP contribution in [0.15, 0.2) is 16.6 Å². The molecule has 2 rings (SSSR count). The Hall–Kier alpha value is -1.27. The molecule has 21 heavy (non-hydrogen) atoms. The molecule has 0 aliphatic rings. The molecule has 1 aromatic heterocycles. The fourth-order valence-electron chi connectivity index (χ4n) is 2.29. The third-order valence-corrected chi connectivity index (χ3v) is 4.12. The first kappa shape index (κ1) is 16.1. The topological polar surface area (TPSA) is 42.7 Å². The summed E-state index contributed by atoms with van der Waals surface area (Å²) in [6.07, 6.45) is 1.07. The summed E-state index contributed by atoms with van der Waals surface area (Å²) in [6.45, 7) is 8.99. The van der Waals surface area contributed by atoms with Gasteiger partial charge in [-0.1, -0.05) is 12.1 Å². The van der Waals surface area contributed by atoms with Gasteiger partial charge in [0, 0.05) is 0 Å². The van der Waals surface area contributed by atoms with Crippen molar-refractivity contribution in [2.45, 2.75) is 40.2 Å². The Morgan fingerprint density at radius 2 is 2.10 bits per heavy atom. The van der Waals surface area contributed by atoms with E-state index in [0.717, 1.165) is 35.6 Å². The molecule has 1 unspecified atom stereocenters. The zero-order valence-electron chi connectivity index (χ0n) is 12.7. The summed E-state index contributed by atoms with van der Waals surface area (Å²) >= 11 is 3.22. The molecule has 0 bridgehead atoms. The minimum Gasteiger partial charge on any atom is -0.309 e. The number of nitrogens with zero attached hydrogens (tertiary/aromatic N) is 3. The largest absolute Gasteiger partial charge is 0.309 e. The highest BCUT2D eigenvalue weighted by Gasteiger charge is 2.17. The van der Waals surface area contributed by atoms with Crippen LogP contribution in [-0.4, -0.2) is 21.5 Å². The molecule has 6 heteroatoms. The van der Waals surface area contributed by atoms with Gasteiger partial charge in [-0.25, -0.2) is 9.07 Å². The Morgan fingerprint density at radius 1 is 1.38 bits per heavy atom. The maximum Gasteiger partial charge on any atom is 0.137 e. The highest BCUT2D eigenvalue weighted by Crippen LogP contribution is 2.25. The molecular formula is C15H20BrFN4. The number of nitrogens with one attached hydrogen (secondary N) is 1. The number of benzene rings is 1. The summed E-state index contributed by atoms with van der Waals surface area (Å²) in [5, 5.41) is 11.9. The van der Waals surface area contributed by atoms with E-state index in [-0.39, 0.29) is 11.9 Å². The molecular weight excluding hydrogens is 335 g/mol. The Labute approximate surface area is 132 Å². The van der Waals surface area contributed by atoms with Gasteiger partial charge in [0.15, 0.2) is 0 Å². The summed E-state index contributed by atoms with van der Waals surface area (Å²) < 4.78 is 15.7. The highest BCUT2D eigenvalue weighted by atomic mass is 79.9. The van der Waals surface area contributed by atoms with Crippen molar-refractivity contribution >= 4 is 15.9 Å². The molecule has 0 aliphatic heterocycles. The van der Waals surface area contributed by atoms with Crippen molar-refractivity contribution in [3.63, 3.8) is 0 Å². The number of aryl methyl sites for hydroxylation is 1.